The summed E-state index contributed by atoms with van der Waals surface area (Å²) in [4.78, 5) is 28.6. The summed E-state index contributed by atoms with van der Waals surface area (Å²) >= 11 is 0. The van der Waals surface area contributed by atoms with Crippen LogP contribution in [0, 0.1) is 0 Å². The standard InChI is InChI=1S/C22H25N3O2/c26-21-10-5-13-25(21)20-9-4-6-17(16-20)22(27)24-14-11-19(12-15-24)23-18-7-2-1-3-8-18/h1-4,6-9,16,19,23H,5,10-15H2. The molecule has 0 radical (unpaired) electrons. The predicted molar refractivity (Wildman–Crippen MR) is 107 cm³/mol. The Morgan fingerprint density at radius 2 is 1.74 bits per heavy atom. The van der Waals surface area contributed by atoms with E-state index in [0.717, 1.165) is 50.3 Å². The molecule has 140 valence electrons. The van der Waals surface area contributed by atoms with Gasteiger partial charge in [0.25, 0.3) is 5.91 Å². The number of piperidine rings is 1. The van der Waals surface area contributed by atoms with Gasteiger partial charge in [-0.3, -0.25) is 9.59 Å². The van der Waals surface area contributed by atoms with Crippen molar-refractivity contribution >= 4 is 23.2 Å². The summed E-state index contributed by atoms with van der Waals surface area (Å²) in [6.45, 7) is 2.24. The Kier molecular flexibility index (Phi) is 5.10. The summed E-state index contributed by atoms with van der Waals surface area (Å²) in [5.74, 6) is 0.203. The van der Waals surface area contributed by atoms with Crippen LogP contribution in [0.2, 0.25) is 0 Å². The molecule has 0 unspecified atom stereocenters. The van der Waals surface area contributed by atoms with E-state index in [1.807, 2.05) is 47.4 Å². The van der Waals surface area contributed by atoms with Crippen LogP contribution in [0.5, 0.6) is 0 Å². The summed E-state index contributed by atoms with van der Waals surface area (Å²) in [7, 11) is 0. The fourth-order valence-corrected chi connectivity index (χ4v) is 3.91. The number of hydrogen-bond acceptors (Lipinski definition) is 3. The van der Waals surface area contributed by atoms with Crippen LogP contribution in [-0.2, 0) is 4.79 Å². The minimum Gasteiger partial charge on any atom is -0.382 e. The minimum atomic E-state index is 0.0571. The van der Waals surface area contributed by atoms with Crippen LogP contribution in [-0.4, -0.2) is 42.4 Å². The maximum atomic E-state index is 12.9. The molecule has 5 heteroatoms. The van der Waals surface area contributed by atoms with Gasteiger partial charge in [0, 0.05) is 49.0 Å². The van der Waals surface area contributed by atoms with Gasteiger partial charge in [-0.1, -0.05) is 24.3 Å². The molecule has 2 amide bonds. The second-order valence-electron chi connectivity index (χ2n) is 7.28. The highest BCUT2D eigenvalue weighted by Crippen LogP contribution is 2.24. The maximum Gasteiger partial charge on any atom is 0.253 e. The molecular weight excluding hydrogens is 338 g/mol. The smallest absolute Gasteiger partial charge is 0.253 e. The van der Waals surface area contributed by atoms with Crippen molar-refractivity contribution in [2.24, 2.45) is 0 Å². The van der Waals surface area contributed by atoms with Crippen molar-refractivity contribution in [2.75, 3.05) is 29.9 Å². The number of para-hydroxylation sites is 1. The number of rotatable bonds is 4. The Balaban J connectivity index is 1.37. The molecule has 2 aromatic rings. The van der Waals surface area contributed by atoms with Gasteiger partial charge in [-0.25, -0.2) is 0 Å². The van der Waals surface area contributed by atoms with Gasteiger partial charge in [-0.2, -0.15) is 0 Å². The van der Waals surface area contributed by atoms with E-state index in [1.54, 1.807) is 4.90 Å². The largest absolute Gasteiger partial charge is 0.382 e. The molecule has 2 aliphatic rings. The topological polar surface area (TPSA) is 52.7 Å². The lowest BCUT2D eigenvalue weighted by Crippen LogP contribution is -2.42. The van der Waals surface area contributed by atoms with Crippen LogP contribution in [0.1, 0.15) is 36.0 Å². The quantitative estimate of drug-likeness (QED) is 0.904. The second-order valence-corrected chi connectivity index (χ2v) is 7.28. The van der Waals surface area contributed by atoms with Crippen LogP contribution < -0.4 is 10.2 Å². The van der Waals surface area contributed by atoms with Gasteiger partial charge >= 0.3 is 0 Å². The zero-order valence-corrected chi connectivity index (χ0v) is 15.4. The SMILES string of the molecule is O=C(c1cccc(N2CCCC2=O)c1)N1CCC(Nc2ccccc2)CC1. The van der Waals surface area contributed by atoms with Gasteiger partial charge in [0.05, 0.1) is 0 Å². The molecule has 2 aliphatic heterocycles. The van der Waals surface area contributed by atoms with Gasteiger partial charge in [0.2, 0.25) is 5.91 Å². The van der Waals surface area contributed by atoms with Crippen molar-refractivity contribution in [3.63, 3.8) is 0 Å². The van der Waals surface area contributed by atoms with Crippen LogP contribution in [0.15, 0.2) is 54.6 Å². The number of carbonyl (C=O) groups excluding carboxylic acids is 2. The Labute approximate surface area is 160 Å². The van der Waals surface area contributed by atoms with E-state index in [1.165, 1.54) is 0 Å². The van der Waals surface area contributed by atoms with Crippen molar-refractivity contribution < 1.29 is 9.59 Å². The monoisotopic (exact) mass is 363 g/mol. The van der Waals surface area contributed by atoms with E-state index in [4.69, 9.17) is 0 Å². The normalized spacial score (nSPS) is 18.0. The molecule has 0 spiro atoms. The molecule has 27 heavy (non-hydrogen) atoms. The first-order chi connectivity index (χ1) is 13.2. The number of benzene rings is 2. The zero-order valence-electron chi connectivity index (χ0n) is 15.4. The lowest BCUT2D eigenvalue weighted by atomic mass is 10.0. The van der Waals surface area contributed by atoms with Crippen LogP contribution in [0.4, 0.5) is 11.4 Å². The molecule has 5 nitrogen and oxygen atoms in total. The minimum absolute atomic E-state index is 0.0571. The molecule has 4 rings (SSSR count). The molecular formula is C22H25N3O2. The van der Waals surface area contributed by atoms with Crippen molar-refractivity contribution in [1.29, 1.82) is 0 Å². The third kappa shape index (κ3) is 3.97. The molecule has 0 saturated carbocycles. The molecule has 1 N–H and O–H groups in total. The highest BCUT2D eigenvalue weighted by Gasteiger charge is 2.25. The van der Waals surface area contributed by atoms with E-state index in [-0.39, 0.29) is 11.8 Å². The lowest BCUT2D eigenvalue weighted by Gasteiger charge is -2.33. The third-order valence-corrected chi connectivity index (χ3v) is 5.40. The lowest BCUT2D eigenvalue weighted by molar-refractivity contribution is -0.117. The average molecular weight is 363 g/mol. The molecule has 2 fully saturated rings. The van der Waals surface area contributed by atoms with Crippen molar-refractivity contribution in [3.05, 3.63) is 60.2 Å². The Morgan fingerprint density at radius 3 is 2.44 bits per heavy atom. The molecule has 2 saturated heterocycles. The first-order valence-corrected chi connectivity index (χ1v) is 9.72. The van der Waals surface area contributed by atoms with Gasteiger partial charge in [0.15, 0.2) is 0 Å². The van der Waals surface area contributed by atoms with E-state index >= 15 is 0 Å². The van der Waals surface area contributed by atoms with Gasteiger partial charge in [0.1, 0.15) is 0 Å². The zero-order chi connectivity index (χ0) is 18.6. The average Bonchev–Trinajstić information content (AvgIpc) is 3.15. The number of anilines is 2. The van der Waals surface area contributed by atoms with Gasteiger partial charge in [-0.05, 0) is 49.6 Å². The number of likely N-dealkylation sites (tertiary alicyclic amines) is 1. The first-order valence-electron chi connectivity index (χ1n) is 9.72. The number of hydrogen-bond donors (Lipinski definition) is 1. The Morgan fingerprint density at radius 1 is 0.963 bits per heavy atom. The molecule has 0 bridgehead atoms. The summed E-state index contributed by atoms with van der Waals surface area (Å²) < 4.78 is 0. The number of nitrogens with zero attached hydrogens (tertiary/aromatic N) is 2. The number of amides is 2. The van der Waals surface area contributed by atoms with Crippen molar-refractivity contribution in [1.82, 2.24) is 4.90 Å². The van der Waals surface area contributed by atoms with Crippen LogP contribution in [0.3, 0.4) is 0 Å². The van der Waals surface area contributed by atoms with Crippen molar-refractivity contribution in [3.8, 4) is 0 Å². The fourth-order valence-electron chi connectivity index (χ4n) is 3.91. The summed E-state index contributed by atoms with van der Waals surface area (Å²) in [6.07, 6.45) is 3.36. The summed E-state index contributed by atoms with van der Waals surface area (Å²) in [5, 5.41) is 3.55. The Hall–Kier alpha value is -2.82. The third-order valence-electron chi connectivity index (χ3n) is 5.40. The highest BCUT2D eigenvalue weighted by molar-refractivity contribution is 5.99. The van der Waals surface area contributed by atoms with E-state index in [9.17, 15) is 9.59 Å². The van der Waals surface area contributed by atoms with Gasteiger partial charge in [-0.15, -0.1) is 0 Å². The van der Waals surface area contributed by atoms with E-state index < -0.39 is 0 Å². The molecule has 0 atom stereocenters. The molecule has 0 aromatic heterocycles. The molecule has 2 aromatic carbocycles. The van der Waals surface area contributed by atoms with Crippen LogP contribution in [0.25, 0.3) is 0 Å². The summed E-state index contributed by atoms with van der Waals surface area (Å²) in [6, 6.07) is 18.1. The Bertz CT molecular complexity index is 813. The van der Waals surface area contributed by atoms with E-state index in [0.29, 0.717) is 18.0 Å². The first kappa shape index (κ1) is 17.6. The van der Waals surface area contributed by atoms with Crippen molar-refractivity contribution in [2.45, 2.75) is 31.7 Å². The van der Waals surface area contributed by atoms with Crippen LogP contribution >= 0.6 is 0 Å². The maximum absolute atomic E-state index is 12.9. The van der Waals surface area contributed by atoms with E-state index in [2.05, 4.69) is 17.4 Å². The molecule has 2 heterocycles. The fraction of sp³-hybridized carbons (Fsp3) is 0.364. The summed E-state index contributed by atoms with van der Waals surface area (Å²) in [5.41, 5.74) is 2.64. The number of nitrogens with one attached hydrogen (secondary N) is 1. The molecule has 0 aliphatic carbocycles. The number of carbonyl (C=O) groups is 2. The van der Waals surface area contributed by atoms with Gasteiger partial charge < -0.3 is 15.1 Å². The second kappa shape index (κ2) is 7.82. The predicted octanol–water partition coefficient (Wildman–Crippen LogP) is 3.53. The highest BCUT2D eigenvalue weighted by atomic mass is 16.2.